The quantitative estimate of drug-likeness (QED) is 0.677. The van der Waals surface area contributed by atoms with Gasteiger partial charge in [0.1, 0.15) is 17.2 Å². The maximum Gasteiger partial charge on any atom is 0.407 e. The number of amides is 1. The first-order valence-electron chi connectivity index (χ1n) is 9.55. The minimum atomic E-state index is -0.921. The average Bonchev–Trinajstić information content (AvgIpc) is 3.34. The highest BCUT2D eigenvalue weighted by molar-refractivity contribution is 5.78. The Balaban J connectivity index is 1.52. The molecule has 0 aliphatic carbocycles. The zero-order chi connectivity index (χ0) is 20.5. The van der Waals surface area contributed by atoms with Crippen molar-refractivity contribution in [2.45, 2.75) is 32.4 Å². The highest BCUT2D eigenvalue weighted by Crippen LogP contribution is 2.23. The van der Waals surface area contributed by atoms with Crippen molar-refractivity contribution in [3.63, 3.8) is 0 Å². The maximum atomic E-state index is 11.2. The summed E-state index contributed by atoms with van der Waals surface area (Å²) in [6, 6.07) is 3.98. The highest BCUT2D eigenvalue weighted by atomic mass is 16.4. The summed E-state index contributed by atoms with van der Waals surface area (Å²) in [5.41, 5.74) is 1.85. The lowest BCUT2D eigenvalue weighted by Crippen LogP contribution is -2.38. The van der Waals surface area contributed by atoms with E-state index in [1.165, 1.54) is 4.90 Å². The monoisotopic (exact) mass is 396 g/mol. The van der Waals surface area contributed by atoms with Gasteiger partial charge in [-0.25, -0.2) is 19.7 Å². The third kappa shape index (κ3) is 3.78. The number of carboxylic acid groups (broad SMARTS) is 1. The fourth-order valence-corrected chi connectivity index (χ4v) is 3.51. The van der Waals surface area contributed by atoms with Crippen LogP contribution < -0.4 is 10.2 Å². The number of aromatic nitrogens is 5. The molecule has 4 rings (SSSR count). The molecule has 3 aromatic heterocycles. The number of pyridine rings is 1. The molecule has 0 spiro atoms. The van der Waals surface area contributed by atoms with Crippen molar-refractivity contribution in [2.24, 2.45) is 0 Å². The minimum Gasteiger partial charge on any atom is -0.465 e. The van der Waals surface area contributed by atoms with E-state index in [0.717, 1.165) is 17.5 Å². The molecule has 3 aromatic rings. The van der Waals surface area contributed by atoms with E-state index in [4.69, 9.17) is 0 Å². The number of carbonyl (C=O) groups is 1. The van der Waals surface area contributed by atoms with E-state index in [2.05, 4.69) is 43.7 Å². The lowest BCUT2D eigenvalue weighted by atomic mass is 10.2. The first kappa shape index (κ1) is 18.9. The SMILES string of the molecule is CC(C)n1cnc2cnc(Nc3ccnc(N4CCC(N(C)C(=O)O)C4)n3)cc21. The third-order valence-electron chi connectivity index (χ3n) is 5.21. The van der Waals surface area contributed by atoms with Crippen molar-refractivity contribution < 1.29 is 9.90 Å². The molecule has 1 aliphatic rings. The number of nitrogens with zero attached hydrogens (tertiary/aromatic N) is 7. The van der Waals surface area contributed by atoms with Crippen LogP contribution in [0.1, 0.15) is 26.3 Å². The molecule has 0 saturated carbocycles. The van der Waals surface area contributed by atoms with E-state index in [1.807, 2.05) is 17.3 Å². The van der Waals surface area contributed by atoms with Crippen molar-refractivity contribution >= 4 is 34.7 Å². The highest BCUT2D eigenvalue weighted by Gasteiger charge is 2.29. The number of imidazole rings is 1. The molecule has 1 aliphatic heterocycles. The van der Waals surface area contributed by atoms with E-state index >= 15 is 0 Å². The van der Waals surface area contributed by atoms with E-state index in [1.54, 1.807) is 25.5 Å². The molecule has 0 aromatic carbocycles. The Kier molecular flexibility index (Phi) is 4.91. The van der Waals surface area contributed by atoms with E-state index in [-0.39, 0.29) is 6.04 Å². The fraction of sp³-hybridized carbons (Fsp3) is 0.421. The van der Waals surface area contributed by atoms with Crippen LogP contribution in [0.2, 0.25) is 0 Å². The molecular formula is C19H24N8O2. The first-order valence-corrected chi connectivity index (χ1v) is 9.55. The second-order valence-electron chi connectivity index (χ2n) is 7.45. The molecule has 4 heterocycles. The molecule has 10 heteroatoms. The van der Waals surface area contributed by atoms with Crippen molar-refractivity contribution in [2.75, 3.05) is 30.4 Å². The second kappa shape index (κ2) is 7.53. The molecule has 1 amide bonds. The Labute approximate surface area is 168 Å². The average molecular weight is 396 g/mol. The fourth-order valence-electron chi connectivity index (χ4n) is 3.51. The molecule has 0 bridgehead atoms. The van der Waals surface area contributed by atoms with Crippen molar-refractivity contribution in [1.82, 2.24) is 29.4 Å². The number of likely N-dealkylation sites (N-methyl/N-ethyl adjacent to an activating group) is 1. The van der Waals surface area contributed by atoms with Crippen LogP contribution >= 0.6 is 0 Å². The number of nitrogens with one attached hydrogen (secondary N) is 1. The smallest absolute Gasteiger partial charge is 0.407 e. The Morgan fingerprint density at radius 1 is 1.31 bits per heavy atom. The molecule has 1 unspecified atom stereocenters. The Morgan fingerprint density at radius 2 is 2.14 bits per heavy atom. The first-order chi connectivity index (χ1) is 13.9. The summed E-state index contributed by atoms with van der Waals surface area (Å²) in [7, 11) is 1.60. The molecule has 1 fully saturated rings. The van der Waals surface area contributed by atoms with Gasteiger partial charge in [0.15, 0.2) is 0 Å². The van der Waals surface area contributed by atoms with E-state index in [9.17, 15) is 9.90 Å². The predicted octanol–water partition coefficient (Wildman–Crippen LogP) is 2.73. The molecule has 0 radical (unpaired) electrons. The van der Waals surface area contributed by atoms with E-state index in [0.29, 0.717) is 36.7 Å². The zero-order valence-corrected chi connectivity index (χ0v) is 16.6. The molecule has 1 saturated heterocycles. The van der Waals surface area contributed by atoms with Gasteiger partial charge < -0.3 is 24.8 Å². The predicted molar refractivity (Wildman–Crippen MR) is 110 cm³/mol. The molecule has 10 nitrogen and oxygen atoms in total. The summed E-state index contributed by atoms with van der Waals surface area (Å²) in [5, 5.41) is 12.4. The lowest BCUT2D eigenvalue weighted by Gasteiger charge is -2.22. The summed E-state index contributed by atoms with van der Waals surface area (Å²) in [4.78, 5) is 32.3. The van der Waals surface area contributed by atoms with Crippen LogP contribution in [0.25, 0.3) is 11.0 Å². The van der Waals surface area contributed by atoms with Crippen LogP contribution in [0.4, 0.5) is 22.4 Å². The second-order valence-corrected chi connectivity index (χ2v) is 7.45. The minimum absolute atomic E-state index is 0.0619. The zero-order valence-electron chi connectivity index (χ0n) is 16.6. The summed E-state index contributed by atoms with van der Waals surface area (Å²) < 4.78 is 2.09. The van der Waals surface area contributed by atoms with E-state index < -0.39 is 6.09 Å². The summed E-state index contributed by atoms with van der Waals surface area (Å²) in [6.45, 7) is 5.50. The number of hydrogen-bond donors (Lipinski definition) is 2. The van der Waals surface area contributed by atoms with Crippen LogP contribution in [-0.2, 0) is 0 Å². The van der Waals surface area contributed by atoms with Crippen LogP contribution in [0.5, 0.6) is 0 Å². The Morgan fingerprint density at radius 3 is 2.90 bits per heavy atom. The largest absolute Gasteiger partial charge is 0.465 e. The van der Waals surface area contributed by atoms with Gasteiger partial charge in [-0.1, -0.05) is 0 Å². The Hall–Kier alpha value is -3.43. The Bertz CT molecular complexity index is 1030. The van der Waals surface area contributed by atoms with Gasteiger partial charge in [0.05, 0.1) is 24.1 Å². The van der Waals surface area contributed by atoms with Gasteiger partial charge in [-0.15, -0.1) is 0 Å². The van der Waals surface area contributed by atoms with Crippen molar-refractivity contribution in [3.8, 4) is 0 Å². The molecule has 2 N–H and O–H groups in total. The molecule has 1 atom stereocenters. The van der Waals surface area contributed by atoms with Gasteiger partial charge in [-0.3, -0.25) is 0 Å². The molecular weight excluding hydrogens is 372 g/mol. The normalized spacial score (nSPS) is 16.6. The van der Waals surface area contributed by atoms with Crippen molar-refractivity contribution in [1.29, 1.82) is 0 Å². The van der Waals surface area contributed by atoms with Gasteiger partial charge in [0.25, 0.3) is 0 Å². The summed E-state index contributed by atoms with van der Waals surface area (Å²) in [6.07, 6.45) is 5.08. The number of fused-ring (bicyclic) bond motifs is 1. The standard InChI is InChI=1S/C19H24N8O2/c1-12(2)27-11-22-14-9-21-17(8-15(14)27)23-16-4-6-20-18(24-16)26-7-5-13(10-26)25(3)19(28)29/h4,6,8-9,11-13H,5,7,10H2,1-3H3,(H,28,29)(H,20,21,23,24). The van der Waals surface area contributed by atoms with Gasteiger partial charge in [-0.05, 0) is 26.3 Å². The van der Waals surface area contributed by atoms with Crippen LogP contribution in [0, 0.1) is 0 Å². The number of hydrogen-bond acceptors (Lipinski definition) is 7. The topological polar surface area (TPSA) is 112 Å². The summed E-state index contributed by atoms with van der Waals surface area (Å²) in [5.74, 6) is 1.88. The van der Waals surface area contributed by atoms with Crippen LogP contribution in [-0.4, -0.2) is 66.8 Å². The van der Waals surface area contributed by atoms with Crippen molar-refractivity contribution in [3.05, 3.63) is 30.9 Å². The van der Waals surface area contributed by atoms with Gasteiger partial charge in [0, 0.05) is 38.4 Å². The van der Waals surface area contributed by atoms with Gasteiger partial charge in [0.2, 0.25) is 5.95 Å². The lowest BCUT2D eigenvalue weighted by molar-refractivity contribution is 0.142. The molecule has 152 valence electrons. The number of rotatable bonds is 5. The van der Waals surface area contributed by atoms with Gasteiger partial charge >= 0.3 is 6.09 Å². The third-order valence-corrected chi connectivity index (χ3v) is 5.21. The maximum absolute atomic E-state index is 11.2. The number of anilines is 3. The van der Waals surface area contributed by atoms with Crippen LogP contribution in [0.3, 0.4) is 0 Å². The molecule has 29 heavy (non-hydrogen) atoms. The van der Waals surface area contributed by atoms with Gasteiger partial charge in [-0.2, -0.15) is 4.98 Å². The van der Waals surface area contributed by atoms with Crippen LogP contribution in [0.15, 0.2) is 30.9 Å². The summed E-state index contributed by atoms with van der Waals surface area (Å²) >= 11 is 0.